The maximum absolute atomic E-state index is 5.91. The van der Waals surface area contributed by atoms with Gasteiger partial charge in [-0.25, -0.2) is 5.01 Å². The molecule has 1 aliphatic heterocycles. The summed E-state index contributed by atoms with van der Waals surface area (Å²) in [5.41, 5.74) is 4.98. The van der Waals surface area contributed by atoms with E-state index in [2.05, 4.69) is 66.7 Å². The number of nitrogens with zero attached hydrogens (tertiary/aromatic N) is 2. The Hall–Kier alpha value is -4.15. The Balaban J connectivity index is 1.68. The molecule has 0 N–H and O–H groups in total. The standard InChI is InChI=1S/C29H22N2O2/c1-32-19-33-27-17-8-7-14-24(27)29-25-16-9-15-23-22-13-6-5-10-20(22)18-26(28(23)25)31(30-29)21-11-3-2-4-12-21/h2-18H,19H2,1H3. The van der Waals surface area contributed by atoms with Crippen molar-refractivity contribution in [2.45, 2.75) is 0 Å². The van der Waals surface area contributed by atoms with Crippen molar-refractivity contribution in [2.24, 2.45) is 5.10 Å². The van der Waals surface area contributed by atoms with Gasteiger partial charge in [-0.05, 0) is 46.5 Å². The van der Waals surface area contributed by atoms with E-state index < -0.39 is 0 Å². The van der Waals surface area contributed by atoms with E-state index in [1.807, 2.05) is 41.4 Å². The predicted molar refractivity (Wildman–Crippen MR) is 135 cm³/mol. The third-order valence-electron chi connectivity index (χ3n) is 6.02. The molecule has 5 aromatic rings. The van der Waals surface area contributed by atoms with Crippen LogP contribution in [0.25, 0.3) is 21.5 Å². The Morgan fingerprint density at radius 1 is 0.727 bits per heavy atom. The van der Waals surface area contributed by atoms with Crippen LogP contribution < -0.4 is 9.75 Å². The van der Waals surface area contributed by atoms with Crippen molar-refractivity contribution in [2.75, 3.05) is 18.9 Å². The summed E-state index contributed by atoms with van der Waals surface area (Å²) in [6.45, 7) is 0.179. The van der Waals surface area contributed by atoms with Crippen LogP contribution in [0.1, 0.15) is 11.1 Å². The fourth-order valence-corrected chi connectivity index (χ4v) is 4.59. The molecule has 160 valence electrons. The van der Waals surface area contributed by atoms with Crippen molar-refractivity contribution in [1.82, 2.24) is 0 Å². The number of hydrogen-bond donors (Lipinski definition) is 0. The first kappa shape index (κ1) is 19.5. The molecule has 0 fully saturated rings. The lowest BCUT2D eigenvalue weighted by Gasteiger charge is -2.29. The lowest BCUT2D eigenvalue weighted by Crippen LogP contribution is -2.21. The highest BCUT2D eigenvalue weighted by Crippen LogP contribution is 2.43. The Morgan fingerprint density at radius 3 is 2.33 bits per heavy atom. The molecule has 0 spiro atoms. The number of benzene rings is 5. The van der Waals surface area contributed by atoms with E-state index in [1.54, 1.807) is 7.11 Å². The summed E-state index contributed by atoms with van der Waals surface area (Å²) in [7, 11) is 1.62. The number of para-hydroxylation sites is 2. The quantitative estimate of drug-likeness (QED) is 0.225. The zero-order chi connectivity index (χ0) is 22.2. The van der Waals surface area contributed by atoms with Crippen LogP contribution in [0, 0.1) is 0 Å². The van der Waals surface area contributed by atoms with Crippen LogP contribution in [0.15, 0.2) is 108 Å². The molecule has 4 nitrogen and oxygen atoms in total. The summed E-state index contributed by atoms with van der Waals surface area (Å²) in [5, 5.41) is 12.1. The minimum atomic E-state index is 0.179. The zero-order valence-electron chi connectivity index (χ0n) is 18.2. The van der Waals surface area contributed by atoms with Crippen molar-refractivity contribution in [3.8, 4) is 5.75 Å². The maximum Gasteiger partial charge on any atom is 0.188 e. The van der Waals surface area contributed by atoms with Gasteiger partial charge in [0.05, 0.1) is 11.4 Å². The molecule has 0 amide bonds. The molecule has 1 heterocycles. The minimum Gasteiger partial charge on any atom is -0.467 e. The van der Waals surface area contributed by atoms with Gasteiger partial charge in [0.15, 0.2) is 6.79 Å². The largest absolute Gasteiger partial charge is 0.467 e. The Bertz CT molecular complexity index is 1510. The number of rotatable bonds is 5. The number of methoxy groups -OCH3 is 1. The van der Waals surface area contributed by atoms with Crippen LogP contribution >= 0.6 is 0 Å². The van der Waals surface area contributed by atoms with Gasteiger partial charge in [0.2, 0.25) is 0 Å². The van der Waals surface area contributed by atoms with E-state index in [4.69, 9.17) is 14.6 Å². The van der Waals surface area contributed by atoms with Crippen molar-refractivity contribution >= 4 is 38.6 Å². The third-order valence-corrected chi connectivity index (χ3v) is 6.02. The summed E-state index contributed by atoms with van der Waals surface area (Å²) in [6.07, 6.45) is 0. The normalized spacial score (nSPS) is 12.8. The van der Waals surface area contributed by atoms with Gasteiger partial charge >= 0.3 is 0 Å². The second-order valence-electron chi connectivity index (χ2n) is 7.99. The van der Waals surface area contributed by atoms with E-state index in [0.29, 0.717) is 0 Å². The van der Waals surface area contributed by atoms with Gasteiger partial charge in [0, 0.05) is 23.6 Å². The van der Waals surface area contributed by atoms with E-state index >= 15 is 0 Å². The van der Waals surface area contributed by atoms with E-state index in [0.717, 1.165) is 34.0 Å². The smallest absolute Gasteiger partial charge is 0.188 e. The second kappa shape index (κ2) is 8.08. The molecular formula is C29H22N2O2. The van der Waals surface area contributed by atoms with Gasteiger partial charge < -0.3 is 9.47 Å². The van der Waals surface area contributed by atoms with Gasteiger partial charge in [0.1, 0.15) is 11.5 Å². The summed E-state index contributed by atoms with van der Waals surface area (Å²) >= 11 is 0. The second-order valence-corrected chi connectivity index (χ2v) is 7.99. The minimum absolute atomic E-state index is 0.179. The summed E-state index contributed by atoms with van der Waals surface area (Å²) < 4.78 is 11.1. The Kier molecular flexibility index (Phi) is 4.78. The van der Waals surface area contributed by atoms with Crippen LogP contribution in [0.3, 0.4) is 0 Å². The Labute approximate surface area is 192 Å². The van der Waals surface area contributed by atoms with Crippen molar-refractivity contribution < 1.29 is 9.47 Å². The van der Waals surface area contributed by atoms with Gasteiger partial charge in [-0.1, -0.05) is 72.8 Å². The van der Waals surface area contributed by atoms with Crippen LogP contribution in [0.5, 0.6) is 5.75 Å². The molecule has 4 heteroatoms. The average molecular weight is 431 g/mol. The lowest BCUT2D eigenvalue weighted by atomic mass is 9.90. The summed E-state index contributed by atoms with van der Waals surface area (Å²) in [4.78, 5) is 0. The highest BCUT2D eigenvalue weighted by atomic mass is 16.7. The first-order chi connectivity index (χ1) is 16.3. The predicted octanol–water partition coefficient (Wildman–Crippen LogP) is 6.88. The number of anilines is 2. The monoisotopic (exact) mass is 430 g/mol. The van der Waals surface area contributed by atoms with Gasteiger partial charge in [-0.3, -0.25) is 0 Å². The molecule has 0 atom stereocenters. The molecule has 5 aromatic carbocycles. The topological polar surface area (TPSA) is 34.1 Å². The Morgan fingerprint density at radius 2 is 1.45 bits per heavy atom. The molecule has 0 saturated heterocycles. The van der Waals surface area contributed by atoms with Gasteiger partial charge in [0.25, 0.3) is 0 Å². The highest BCUT2D eigenvalue weighted by molar-refractivity contribution is 6.28. The SMILES string of the molecule is COCOc1ccccc1C1=NN(c2ccccc2)c2cc3ccccc3c3cccc1c23. The fraction of sp³-hybridized carbons (Fsp3) is 0.0690. The molecule has 0 radical (unpaired) electrons. The average Bonchev–Trinajstić information content (AvgIpc) is 2.88. The van der Waals surface area contributed by atoms with Gasteiger partial charge in [-0.2, -0.15) is 5.10 Å². The molecule has 0 aliphatic carbocycles. The number of fused-ring (bicyclic) bond motifs is 2. The number of ether oxygens (including phenoxy) is 2. The van der Waals surface area contributed by atoms with E-state index in [9.17, 15) is 0 Å². The maximum atomic E-state index is 5.91. The third kappa shape index (κ3) is 3.23. The first-order valence-corrected chi connectivity index (χ1v) is 10.9. The lowest BCUT2D eigenvalue weighted by molar-refractivity contribution is 0.0510. The zero-order valence-corrected chi connectivity index (χ0v) is 18.2. The molecule has 0 saturated carbocycles. The first-order valence-electron chi connectivity index (χ1n) is 10.9. The van der Waals surface area contributed by atoms with E-state index in [1.165, 1.54) is 21.5 Å². The molecule has 33 heavy (non-hydrogen) atoms. The summed E-state index contributed by atoms with van der Waals surface area (Å²) in [5.74, 6) is 0.743. The van der Waals surface area contributed by atoms with Crippen LogP contribution in [0.4, 0.5) is 11.4 Å². The van der Waals surface area contributed by atoms with Crippen LogP contribution in [-0.4, -0.2) is 19.6 Å². The number of hydrazone groups is 1. The van der Waals surface area contributed by atoms with Crippen LogP contribution in [-0.2, 0) is 4.74 Å². The summed E-state index contributed by atoms with van der Waals surface area (Å²) in [6, 6.07) is 35.5. The van der Waals surface area contributed by atoms with Crippen molar-refractivity contribution in [3.63, 3.8) is 0 Å². The van der Waals surface area contributed by atoms with Crippen molar-refractivity contribution in [1.29, 1.82) is 0 Å². The van der Waals surface area contributed by atoms with Crippen molar-refractivity contribution in [3.05, 3.63) is 114 Å². The highest BCUT2D eigenvalue weighted by Gasteiger charge is 2.26. The molecule has 0 unspecified atom stereocenters. The fourth-order valence-electron chi connectivity index (χ4n) is 4.59. The van der Waals surface area contributed by atoms with E-state index in [-0.39, 0.29) is 6.79 Å². The molecule has 6 rings (SSSR count). The van der Waals surface area contributed by atoms with Crippen LogP contribution in [0.2, 0.25) is 0 Å². The van der Waals surface area contributed by atoms with Gasteiger partial charge in [-0.15, -0.1) is 0 Å². The molecular weight excluding hydrogens is 408 g/mol. The molecule has 0 bridgehead atoms. The number of hydrogen-bond acceptors (Lipinski definition) is 4. The molecule has 0 aromatic heterocycles. The molecule has 1 aliphatic rings.